The van der Waals surface area contributed by atoms with E-state index in [1.54, 1.807) is 0 Å². The predicted molar refractivity (Wildman–Crippen MR) is 95.2 cm³/mol. The molecule has 1 heterocycles. The number of hydrogen-bond donors (Lipinski definition) is 3. The largest absolute Gasteiger partial charge is 0.458 e. The molecule has 0 unspecified atom stereocenters. The summed E-state index contributed by atoms with van der Waals surface area (Å²) in [6.07, 6.45) is 2.02. The van der Waals surface area contributed by atoms with Crippen molar-refractivity contribution in [1.29, 1.82) is 0 Å². The lowest BCUT2D eigenvalue weighted by atomic mass is 9.54. The molecular formula is C20H26O7. The van der Waals surface area contributed by atoms with Gasteiger partial charge in [-0.2, -0.15) is 0 Å². The van der Waals surface area contributed by atoms with E-state index in [0.717, 1.165) is 5.57 Å². The number of ether oxygens (including phenoxy) is 2. The van der Waals surface area contributed by atoms with Crippen LogP contribution in [0.1, 0.15) is 26.7 Å². The number of esters is 2. The number of fused-ring (bicyclic) bond motifs is 3. The third kappa shape index (κ3) is 3.13. The van der Waals surface area contributed by atoms with Gasteiger partial charge in [0.1, 0.15) is 12.2 Å². The molecule has 0 aromatic carbocycles. The molecule has 7 heteroatoms. The summed E-state index contributed by atoms with van der Waals surface area (Å²) in [7, 11) is 0. The van der Waals surface area contributed by atoms with Gasteiger partial charge in [-0.25, -0.2) is 9.59 Å². The number of hydrogen-bond acceptors (Lipinski definition) is 7. The van der Waals surface area contributed by atoms with Crippen LogP contribution in [0.25, 0.3) is 0 Å². The van der Waals surface area contributed by atoms with Crippen LogP contribution in [0.15, 0.2) is 35.5 Å². The Morgan fingerprint density at radius 2 is 2.19 bits per heavy atom. The van der Waals surface area contributed by atoms with Crippen molar-refractivity contribution >= 4 is 11.9 Å². The van der Waals surface area contributed by atoms with Crippen molar-refractivity contribution in [2.75, 3.05) is 13.2 Å². The maximum atomic E-state index is 12.4. The maximum Gasteiger partial charge on any atom is 0.336 e. The zero-order valence-corrected chi connectivity index (χ0v) is 15.6. The molecule has 0 aromatic heterocycles. The van der Waals surface area contributed by atoms with Crippen molar-refractivity contribution in [1.82, 2.24) is 0 Å². The second-order valence-corrected chi connectivity index (χ2v) is 7.82. The van der Waals surface area contributed by atoms with Crippen molar-refractivity contribution < 1.29 is 34.4 Å². The van der Waals surface area contributed by atoms with Gasteiger partial charge in [0.05, 0.1) is 30.8 Å². The minimum atomic E-state index is -0.762. The molecule has 3 N–H and O–H groups in total. The van der Waals surface area contributed by atoms with Crippen molar-refractivity contribution in [3.05, 3.63) is 35.5 Å². The van der Waals surface area contributed by atoms with Crippen LogP contribution in [0.3, 0.4) is 0 Å². The Balaban J connectivity index is 1.96. The normalized spacial score (nSPS) is 38.6. The average molecular weight is 378 g/mol. The quantitative estimate of drug-likeness (QED) is 0.374. The third-order valence-corrected chi connectivity index (χ3v) is 6.29. The molecule has 0 radical (unpaired) electrons. The highest BCUT2D eigenvalue weighted by Crippen LogP contribution is 2.56. The van der Waals surface area contributed by atoms with Crippen molar-refractivity contribution in [3.63, 3.8) is 0 Å². The first kappa shape index (κ1) is 19.8. The van der Waals surface area contributed by atoms with Crippen LogP contribution >= 0.6 is 0 Å². The van der Waals surface area contributed by atoms with E-state index in [0.29, 0.717) is 12.8 Å². The molecule has 0 aromatic rings. The first-order valence-electron chi connectivity index (χ1n) is 9.10. The topological polar surface area (TPSA) is 113 Å². The molecule has 6 atom stereocenters. The summed E-state index contributed by atoms with van der Waals surface area (Å²) in [4.78, 5) is 24.6. The number of aliphatic hydroxyl groups excluding tert-OH is 3. The summed E-state index contributed by atoms with van der Waals surface area (Å²) >= 11 is 0. The third-order valence-electron chi connectivity index (χ3n) is 6.29. The fourth-order valence-electron chi connectivity index (χ4n) is 4.85. The number of carbonyl (C=O) groups excluding carboxylic acids is 2. The van der Waals surface area contributed by atoms with Gasteiger partial charge in [-0.3, -0.25) is 0 Å². The Labute approximate surface area is 158 Å². The van der Waals surface area contributed by atoms with E-state index in [2.05, 4.69) is 6.58 Å². The minimum Gasteiger partial charge on any atom is -0.458 e. The molecular weight excluding hydrogens is 352 g/mol. The fraction of sp³-hybridized carbons (Fsp3) is 0.600. The smallest absolute Gasteiger partial charge is 0.336 e. The Hall–Kier alpha value is -1.96. The Kier molecular flexibility index (Phi) is 5.29. The summed E-state index contributed by atoms with van der Waals surface area (Å²) in [6, 6.07) is 0. The molecule has 2 fully saturated rings. The average Bonchev–Trinajstić information content (AvgIpc) is 2.91. The Bertz CT molecular complexity index is 722. The predicted octanol–water partition coefficient (Wildman–Crippen LogP) is 0.644. The molecule has 27 heavy (non-hydrogen) atoms. The van der Waals surface area contributed by atoms with Crippen LogP contribution in [0, 0.1) is 17.3 Å². The SMILES string of the molecule is C=C1C(=O)O[C@H]2[C@H]1[C@H](OC(=O)/C(=C/CO)CO)C[C@@]1(C)[C@H](O)CC=C(C)[C@H]21. The van der Waals surface area contributed by atoms with Gasteiger partial charge in [0, 0.05) is 16.9 Å². The first-order chi connectivity index (χ1) is 12.7. The molecule has 148 valence electrons. The van der Waals surface area contributed by atoms with Gasteiger partial charge >= 0.3 is 11.9 Å². The van der Waals surface area contributed by atoms with E-state index < -0.39 is 54.8 Å². The zero-order chi connectivity index (χ0) is 19.9. The van der Waals surface area contributed by atoms with Crippen molar-refractivity contribution in [2.24, 2.45) is 17.3 Å². The first-order valence-corrected chi connectivity index (χ1v) is 9.10. The number of aliphatic hydroxyl groups is 3. The number of rotatable bonds is 4. The van der Waals surface area contributed by atoms with Crippen molar-refractivity contribution in [2.45, 2.75) is 45.0 Å². The van der Waals surface area contributed by atoms with E-state index in [-0.39, 0.29) is 17.1 Å². The monoisotopic (exact) mass is 378 g/mol. The highest BCUT2D eigenvalue weighted by atomic mass is 16.6. The van der Waals surface area contributed by atoms with Crippen LogP contribution in [0.2, 0.25) is 0 Å². The second-order valence-electron chi connectivity index (χ2n) is 7.82. The van der Waals surface area contributed by atoms with E-state index in [1.165, 1.54) is 6.08 Å². The van der Waals surface area contributed by atoms with E-state index in [1.807, 2.05) is 19.9 Å². The molecule has 3 rings (SSSR count). The van der Waals surface area contributed by atoms with Crippen LogP contribution in [0.4, 0.5) is 0 Å². The summed E-state index contributed by atoms with van der Waals surface area (Å²) in [6.45, 7) is 6.74. The Morgan fingerprint density at radius 1 is 1.48 bits per heavy atom. The van der Waals surface area contributed by atoms with Crippen LogP contribution in [-0.2, 0) is 19.1 Å². The second kappa shape index (κ2) is 7.22. The van der Waals surface area contributed by atoms with E-state index >= 15 is 0 Å². The van der Waals surface area contributed by atoms with Gasteiger partial charge in [-0.1, -0.05) is 25.2 Å². The summed E-state index contributed by atoms with van der Waals surface area (Å²) < 4.78 is 11.2. The molecule has 7 nitrogen and oxygen atoms in total. The minimum absolute atomic E-state index is 0.0579. The van der Waals surface area contributed by atoms with E-state index in [9.17, 15) is 19.8 Å². The van der Waals surface area contributed by atoms with Gasteiger partial charge in [0.15, 0.2) is 0 Å². The molecule has 3 aliphatic rings. The highest BCUT2D eigenvalue weighted by Gasteiger charge is 2.61. The van der Waals surface area contributed by atoms with Gasteiger partial charge < -0.3 is 24.8 Å². The highest BCUT2D eigenvalue weighted by molar-refractivity contribution is 5.92. The standard InChI is InChI=1S/C20H26O7/c1-10-4-5-14(23)20(3)8-13(26-19(25)12(9-22)6-7-21)15-11(2)18(24)27-17(15)16(10)20/h4,6,13-17,21-23H,2,5,7-9H2,1,3H3/b12-6+/t13-,14-,15-,16-,17+,20+/m1/s1. The van der Waals surface area contributed by atoms with Crippen molar-refractivity contribution in [3.8, 4) is 0 Å². The summed E-state index contributed by atoms with van der Waals surface area (Å²) in [5.74, 6) is -1.98. The molecule has 0 amide bonds. The summed E-state index contributed by atoms with van der Waals surface area (Å²) in [5, 5.41) is 29.0. The number of carbonyl (C=O) groups is 2. The van der Waals surface area contributed by atoms with Gasteiger partial charge in [0.2, 0.25) is 0 Å². The van der Waals surface area contributed by atoms with Crippen LogP contribution in [0.5, 0.6) is 0 Å². The van der Waals surface area contributed by atoms with Gasteiger partial charge in [0.25, 0.3) is 0 Å². The van der Waals surface area contributed by atoms with Crippen LogP contribution in [-0.4, -0.2) is 58.8 Å². The maximum absolute atomic E-state index is 12.4. The fourth-order valence-corrected chi connectivity index (χ4v) is 4.85. The van der Waals surface area contributed by atoms with Gasteiger partial charge in [-0.05, 0) is 25.8 Å². The van der Waals surface area contributed by atoms with Gasteiger partial charge in [-0.15, -0.1) is 0 Å². The molecule has 0 spiro atoms. The summed E-state index contributed by atoms with van der Waals surface area (Å²) in [5.41, 5.74) is 0.610. The van der Waals surface area contributed by atoms with Crippen LogP contribution < -0.4 is 0 Å². The van der Waals surface area contributed by atoms with E-state index in [4.69, 9.17) is 14.6 Å². The lowest BCUT2D eigenvalue weighted by Gasteiger charge is -2.53. The molecule has 1 saturated heterocycles. The molecule has 0 bridgehead atoms. The molecule has 2 aliphatic carbocycles. The zero-order valence-electron chi connectivity index (χ0n) is 15.6. The molecule has 1 aliphatic heterocycles. The lowest BCUT2D eigenvalue weighted by Crippen LogP contribution is -2.57. The molecule has 1 saturated carbocycles. The lowest BCUT2D eigenvalue weighted by molar-refractivity contribution is -0.173. The Morgan fingerprint density at radius 3 is 2.81 bits per heavy atom.